The lowest BCUT2D eigenvalue weighted by Crippen LogP contribution is -2.04. The third-order valence-corrected chi connectivity index (χ3v) is 14.0. The van der Waals surface area contributed by atoms with Crippen LogP contribution in [0.4, 0.5) is 5.69 Å². The average molecular weight is 865 g/mol. The fourth-order valence-corrected chi connectivity index (χ4v) is 11.2. The molecular formula is C62H36N6. The first-order chi connectivity index (χ1) is 33.7. The monoisotopic (exact) mass is 864 g/mol. The van der Waals surface area contributed by atoms with Gasteiger partial charge in [0.1, 0.15) is 6.07 Å². The van der Waals surface area contributed by atoms with E-state index in [0.717, 1.165) is 121 Å². The van der Waals surface area contributed by atoms with Crippen LogP contribution in [-0.2, 0) is 0 Å². The van der Waals surface area contributed by atoms with E-state index in [4.69, 9.17) is 6.57 Å². The summed E-state index contributed by atoms with van der Waals surface area (Å²) in [5.41, 5.74) is 15.2. The Morgan fingerprint density at radius 1 is 0.368 bits per heavy atom. The largest absolute Gasteiger partial charge is 0.309 e. The van der Waals surface area contributed by atoms with Crippen LogP contribution in [0.5, 0.6) is 0 Å². The molecular weight excluding hydrogens is 829 g/mol. The predicted molar refractivity (Wildman–Crippen MR) is 280 cm³/mol. The minimum absolute atomic E-state index is 0.529. The first-order valence-corrected chi connectivity index (χ1v) is 22.8. The lowest BCUT2D eigenvalue weighted by molar-refractivity contribution is 1.14. The van der Waals surface area contributed by atoms with Crippen LogP contribution in [0.25, 0.3) is 126 Å². The van der Waals surface area contributed by atoms with Crippen molar-refractivity contribution in [1.29, 1.82) is 5.26 Å². The maximum absolute atomic E-state index is 11.6. The molecule has 4 aromatic heterocycles. The van der Waals surface area contributed by atoms with E-state index in [9.17, 15) is 5.26 Å². The van der Waals surface area contributed by atoms with Crippen LogP contribution in [0, 0.1) is 17.9 Å². The van der Waals surface area contributed by atoms with Crippen LogP contribution in [0.1, 0.15) is 5.56 Å². The molecule has 0 amide bonds. The van der Waals surface area contributed by atoms with E-state index in [2.05, 4.69) is 229 Å². The lowest BCUT2D eigenvalue weighted by Gasteiger charge is -2.19. The van der Waals surface area contributed by atoms with Crippen molar-refractivity contribution >= 4 is 92.9 Å². The number of hydrogen-bond acceptors (Lipinski definition) is 1. The van der Waals surface area contributed by atoms with Crippen molar-refractivity contribution in [2.45, 2.75) is 0 Å². The summed E-state index contributed by atoms with van der Waals surface area (Å²) < 4.78 is 9.39. The van der Waals surface area contributed by atoms with Crippen molar-refractivity contribution in [2.24, 2.45) is 0 Å². The number of fused-ring (bicyclic) bond motifs is 14. The number of para-hydroxylation sites is 6. The van der Waals surface area contributed by atoms with Gasteiger partial charge in [0.2, 0.25) is 0 Å². The Hall–Kier alpha value is -9.62. The summed E-state index contributed by atoms with van der Waals surface area (Å²) in [6.07, 6.45) is 0. The molecule has 4 heterocycles. The predicted octanol–water partition coefficient (Wildman–Crippen LogP) is 16.2. The molecule has 0 aliphatic heterocycles. The molecule has 314 valence electrons. The van der Waals surface area contributed by atoms with Crippen molar-refractivity contribution in [3.05, 3.63) is 235 Å². The van der Waals surface area contributed by atoms with Gasteiger partial charge in [-0.25, -0.2) is 4.85 Å². The molecule has 0 bridgehead atoms. The van der Waals surface area contributed by atoms with Crippen molar-refractivity contribution in [3.8, 4) is 39.9 Å². The molecule has 0 unspecified atom stereocenters. The number of nitrogens with zero attached hydrogens (tertiary/aromatic N) is 6. The minimum atomic E-state index is 0.529. The van der Waals surface area contributed by atoms with Crippen LogP contribution in [0.15, 0.2) is 218 Å². The second-order valence-corrected chi connectivity index (χ2v) is 17.5. The molecule has 0 atom stereocenters. The highest BCUT2D eigenvalue weighted by molar-refractivity contribution is 6.28. The average Bonchev–Trinajstić information content (AvgIpc) is 4.14. The summed E-state index contributed by atoms with van der Waals surface area (Å²) in [5, 5.41) is 20.6. The molecule has 10 aromatic carbocycles. The summed E-state index contributed by atoms with van der Waals surface area (Å²) >= 11 is 0. The second-order valence-electron chi connectivity index (χ2n) is 17.5. The number of benzene rings is 10. The summed E-state index contributed by atoms with van der Waals surface area (Å²) in [6, 6.07) is 79.3. The maximum Gasteiger partial charge on any atom is 0.187 e. The first kappa shape index (κ1) is 37.7. The van der Waals surface area contributed by atoms with Gasteiger partial charge in [-0.3, -0.25) is 0 Å². The van der Waals surface area contributed by atoms with E-state index >= 15 is 0 Å². The van der Waals surface area contributed by atoms with Crippen molar-refractivity contribution in [2.75, 3.05) is 0 Å². The molecule has 68 heavy (non-hydrogen) atoms. The van der Waals surface area contributed by atoms with Gasteiger partial charge in [-0.05, 0) is 84.4 Å². The summed E-state index contributed by atoms with van der Waals surface area (Å²) in [7, 11) is 0. The maximum atomic E-state index is 11.6. The molecule has 0 spiro atoms. The Bertz CT molecular complexity index is 4510. The van der Waals surface area contributed by atoms with Gasteiger partial charge < -0.3 is 18.3 Å². The normalized spacial score (nSPS) is 11.8. The molecule has 0 fully saturated rings. The van der Waals surface area contributed by atoms with E-state index in [1.807, 2.05) is 18.2 Å². The summed E-state index contributed by atoms with van der Waals surface area (Å²) in [5.74, 6) is 0. The third kappa shape index (κ3) is 5.20. The molecule has 14 rings (SSSR count). The van der Waals surface area contributed by atoms with Crippen molar-refractivity contribution < 1.29 is 0 Å². The van der Waals surface area contributed by atoms with Gasteiger partial charge in [0.15, 0.2) is 5.69 Å². The Morgan fingerprint density at radius 3 is 1.32 bits per heavy atom. The zero-order valence-electron chi connectivity index (χ0n) is 36.5. The van der Waals surface area contributed by atoms with E-state index < -0.39 is 0 Å². The van der Waals surface area contributed by atoms with E-state index in [1.54, 1.807) is 0 Å². The number of nitriles is 1. The molecule has 0 radical (unpaired) electrons. The highest BCUT2D eigenvalue weighted by Crippen LogP contribution is 2.47. The van der Waals surface area contributed by atoms with Crippen molar-refractivity contribution in [1.82, 2.24) is 18.3 Å². The third-order valence-electron chi connectivity index (χ3n) is 14.0. The standard InChI is InChI=1S/C62H36N6/c1-64-41-18-16-17-39(35-41)50-37-57(67-51-27-12-8-23-44(51)46-31-33-55-59(61(46)67)48-25-10-14-29-53(48)65(55)42-19-4-2-5-20-42)40(38-63)36-58(50)68-52-28-13-9-24-45(52)47-32-34-56-60(62(47)68)49-26-11-15-30-54(49)66(56)43-21-6-3-7-22-43/h2-37H. The Balaban J connectivity index is 1.16. The van der Waals surface area contributed by atoms with Gasteiger partial charge in [-0.2, -0.15) is 5.26 Å². The zero-order valence-corrected chi connectivity index (χ0v) is 36.5. The highest BCUT2D eigenvalue weighted by atomic mass is 15.0. The fourth-order valence-electron chi connectivity index (χ4n) is 11.2. The minimum Gasteiger partial charge on any atom is -0.309 e. The van der Waals surface area contributed by atoms with Gasteiger partial charge in [0.25, 0.3) is 0 Å². The van der Waals surface area contributed by atoms with Gasteiger partial charge in [-0.1, -0.05) is 140 Å². The molecule has 14 aromatic rings. The summed E-state index contributed by atoms with van der Waals surface area (Å²) in [4.78, 5) is 3.91. The zero-order chi connectivity index (χ0) is 45.0. The molecule has 0 aliphatic rings. The molecule has 0 saturated carbocycles. The van der Waals surface area contributed by atoms with Crippen LogP contribution in [0.2, 0.25) is 0 Å². The molecule has 0 aliphatic carbocycles. The number of hydrogen-bond donors (Lipinski definition) is 0. The Labute approximate surface area is 390 Å². The van der Waals surface area contributed by atoms with E-state index in [-0.39, 0.29) is 0 Å². The van der Waals surface area contributed by atoms with Crippen LogP contribution in [0.3, 0.4) is 0 Å². The van der Waals surface area contributed by atoms with Crippen LogP contribution in [-0.4, -0.2) is 18.3 Å². The van der Waals surface area contributed by atoms with E-state index in [1.165, 1.54) is 0 Å². The van der Waals surface area contributed by atoms with Gasteiger partial charge in [0, 0.05) is 60.0 Å². The van der Waals surface area contributed by atoms with Crippen LogP contribution >= 0.6 is 0 Å². The Morgan fingerprint density at radius 2 is 0.824 bits per heavy atom. The van der Waals surface area contributed by atoms with E-state index in [0.29, 0.717) is 11.3 Å². The van der Waals surface area contributed by atoms with Gasteiger partial charge in [0.05, 0.1) is 67.6 Å². The Kier molecular flexibility index (Phi) is 8.01. The smallest absolute Gasteiger partial charge is 0.187 e. The van der Waals surface area contributed by atoms with Crippen LogP contribution < -0.4 is 0 Å². The SMILES string of the molecule is [C-]#[N+]c1cccc(-c2cc(-n3c4ccccc4c4ccc5c(c6ccccc6n5-c5ccccc5)c43)c(C#N)cc2-n2c3ccccc3c3ccc4c(c5ccccc5n4-c4ccccc4)c32)c1. The number of aromatic nitrogens is 4. The van der Waals surface area contributed by atoms with Gasteiger partial charge in [-0.15, -0.1) is 0 Å². The highest BCUT2D eigenvalue weighted by Gasteiger charge is 2.26. The second kappa shape index (κ2) is 14.4. The molecule has 6 heteroatoms. The summed E-state index contributed by atoms with van der Waals surface area (Å²) in [6.45, 7) is 8.13. The number of rotatable bonds is 5. The van der Waals surface area contributed by atoms with Gasteiger partial charge >= 0.3 is 0 Å². The molecule has 0 N–H and O–H groups in total. The molecule has 0 saturated heterocycles. The van der Waals surface area contributed by atoms with Crippen molar-refractivity contribution in [3.63, 3.8) is 0 Å². The molecule has 6 nitrogen and oxygen atoms in total. The first-order valence-electron chi connectivity index (χ1n) is 22.8. The topological polar surface area (TPSA) is 47.9 Å². The fraction of sp³-hybridized carbons (Fsp3) is 0. The lowest BCUT2D eigenvalue weighted by atomic mass is 9.98. The quantitative estimate of drug-likeness (QED) is 0.159.